The van der Waals surface area contributed by atoms with Gasteiger partial charge in [0, 0.05) is 44.6 Å². The van der Waals surface area contributed by atoms with Gasteiger partial charge in [-0.15, -0.1) is 0 Å². The maximum absolute atomic E-state index is 13.5. The first-order valence-electron chi connectivity index (χ1n) is 16.8. The summed E-state index contributed by atoms with van der Waals surface area (Å²) in [6.07, 6.45) is 1.45. The third kappa shape index (κ3) is 8.89. The molecule has 0 unspecified atom stereocenters. The van der Waals surface area contributed by atoms with Crippen molar-refractivity contribution in [3.05, 3.63) is 76.9 Å². The largest absolute Gasteiger partial charge is 0.354 e. The molecular formula is C35H43N9O6. The third-order valence-electron chi connectivity index (χ3n) is 8.37. The number of rotatable bonds is 5. The number of benzene rings is 2. The lowest BCUT2D eigenvalue weighted by Gasteiger charge is -2.25. The molecule has 264 valence electrons. The molecule has 2 aromatic carbocycles. The molecule has 15 nitrogen and oxygen atoms in total. The van der Waals surface area contributed by atoms with E-state index < -0.39 is 36.3 Å². The number of fused-ring (bicyclic) bond motifs is 1. The molecule has 1 aliphatic rings. The Morgan fingerprint density at radius 2 is 1.74 bits per heavy atom. The first kappa shape index (κ1) is 35.7. The van der Waals surface area contributed by atoms with E-state index in [1.54, 1.807) is 32.0 Å². The Morgan fingerprint density at radius 1 is 0.960 bits per heavy atom. The van der Waals surface area contributed by atoms with E-state index in [2.05, 4.69) is 50.0 Å². The van der Waals surface area contributed by atoms with Gasteiger partial charge < -0.3 is 30.7 Å². The van der Waals surface area contributed by atoms with E-state index in [9.17, 15) is 24.0 Å². The van der Waals surface area contributed by atoms with Crippen LogP contribution in [0, 0.1) is 12.8 Å². The SMILES string of the molecule is Cc1nonc1C(=O)N1CCNC(=O)c2ccc3nc(CC(C)C)n(c3c2)CCCNC(=O)[C@@H](C)NC(=O)[C@H](Cc2ccccc2)NC(=O)C1. The lowest BCUT2D eigenvalue weighted by atomic mass is 10.0. The number of amides is 5. The molecule has 4 N–H and O–H groups in total. The van der Waals surface area contributed by atoms with E-state index >= 15 is 0 Å². The van der Waals surface area contributed by atoms with Crippen LogP contribution in [0.25, 0.3) is 11.0 Å². The van der Waals surface area contributed by atoms with Crippen LogP contribution in [-0.4, -0.2) is 92.6 Å². The summed E-state index contributed by atoms with van der Waals surface area (Å²) in [5.74, 6) is -1.35. The highest BCUT2D eigenvalue weighted by atomic mass is 16.6. The number of imidazole rings is 1. The van der Waals surface area contributed by atoms with Crippen LogP contribution in [0.15, 0.2) is 53.2 Å². The summed E-state index contributed by atoms with van der Waals surface area (Å²) in [7, 11) is 0. The summed E-state index contributed by atoms with van der Waals surface area (Å²) in [6.45, 7) is 7.72. The molecule has 0 saturated carbocycles. The van der Waals surface area contributed by atoms with E-state index in [0.29, 0.717) is 31.0 Å². The van der Waals surface area contributed by atoms with Gasteiger partial charge in [-0.1, -0.05) is 49.3 Å². The van der Waals surface area contributed by atoms with Crippen molar-refractivity contribution in [1.82, 2.24) is 46.0 Å². The molecule has 2 atom stereocenters. The van der Waals surface area contributed by atoms with Crippen molar-refractivity contribution in [3.63, 3.8) is 0 Å². The standard InChI is InChI=1S/C35H43N9O6/c1-21(2)17-29-39-26-12-11-25-19-28(26)44(29)15-8-13-36-32(46)23(4)38-34(48)27(18-24-9-6-5-7-10-24)40-30(45)20-43(16-14-37-33(25)47)35(49)31-22(3)41-50-42-31/h5-7,9-12,19,21,23,27H,8,13-18,20H2,1-4H3,(H,36,46)(H,37,47)(H,38,48)(H,40,45)/t23-,27+/m1/s1. The summed E-state index contributed by atoms with van der Waals surface area (Å²) in [6, 6.07) is 12.5. The van der Waals surface area contributed by atoms with E-state index in [4.69, 9.17) is 9.61 Å². The molecule has 4 aromatic rings. The third-order valence-corrected chi connectivity index (χ3v) is 8.37. The van der Waals surface area contributed by atoms with Crippen LogP contribution in [0.4, 0.5) is 0 Å². The fourth-order valence-electron chi connectivity index (χ4n) is 5.77. The average molecular weight is 686 g/mol. The van der Waals surface area contributed by atoms with Crippen molar-refractivity contribution < 1.29 is 28.6 Å². The van der Waals surface area contributed by atoms with Crippen molar-refractivity contribution in [2.24, 2.45) is 5.92 Å². The Balaban J connectivity index is 1.44. The van der Waals surface area contributed by atoms with E-state index in [1.165, 1.54) is 4.90 Å². The van der Waals surface area contributed by atoms with E-state index in [-0.39, 0.29) is 42.7 Å². The second-order valence-electron chi connectivity index (χ2n) is 12.8. The van der Waals surface area contributed by atoms with Crippen molar-refractivity contribution in [2.45, 2.75) is 65.6 Å². The monoisotopic (exact) mass is 685 g/mol. The molecule has 15 heteroatoms. The molecule has 1 aliphatic heterocycles. The molecular weight excluding hydrogens is 642 g/mol. The Kier molecular flexibility index (Phi) is 11.6. The van der Waals surface area contributed by atoms with E-state index in [0.717, 1.165) is 28.8 Å². The van der Waals surface area contributed by atoms with Crippen molar-refractivity contribution >= 4 is 40.6 Å². The highest BCUT2D eigenvalue weighted by molar-refractivity contribution is 5.98. The Hall–Kier alpha value is -5.60. The van der Waals surface area contributed by atoms with Gasteiger partial charge in [-0.25, -0.2) is 9.61 Å². The molecule has 2 aromatic heterocycles. The molecule has 0 saturated heterocycles. The molecule has 5 rings (SSSR count). The van der Waals surface area contributed by atoms with Crippen LogP contribution in [-0.2, 0) is 33.8 Å². The van der Waals surface area contributed by atoms with Crippen LogP contribution in [0.5, 0.6) is 0 Å². The Morgan fingerprint density at radius 3 is 2.46 bits per heavy atom. The predicted molar refractivity (Wildman–Crippen MR) is 183 cm³/mol. The first-order valence-corrected chi connectivity index (χ1v) is 16.8. The van der Waals surface area contributed by atoms with Crippen LogP contribution >= 0.6 is 0 Å². The molecule has 3 heterocycles. The minimum absolute atomic E-state index is 0.0112. The highest BCUT2D eigenvalue weighted by Gasteiger charge is 2.28. The van der Waals surface area contributed by atoms with Gasteiger partial charge in [-0.05, 0) is 55.1 Å². The zero-order chi connectivity index (χ0) is 35.8. The molecule has 2 bridgehead atoms. The van der Waals surface area contributed by atoms with Crippen molar-refractivity contribution in [3.8, 4) is 0 Å². The maximum Gasteiger partial charge on any atom is 0.278 e. The number of hydrogen-bond acceptors (Lipinski definition) is 9. The zero-order valence-electron chi connectivity index (χ0n) is 28.7. The summed E-state index contributed by atoms with van der Waals surface area (Å²) >= 11 is 0. The lowest BCUT2D eigenvalue weighted by molar-refractivity contribution is -0.132. The number of hydrogen-bond donors (Lipinski definition) is 4. The number of nitrogens with one attached hydrogen (secondary N) is 4. The number of carbonyl (C=O) groups is 5. The molecule has 0 fully saturated rings. The average Bonchev–Trinajstić information content (AvgIpc) is 3.67. The van der Waals surface area contributed by atoms with Gasteiger partial charge in [0.25, 0.3) is 11.8 Å². The van der Waals surface area contributed by atoms with Gasteiger partial charge in [0.1, 0.15) is 23.6 Å². The smallest absolute Gasteiger partial charge is 0.278 e. The quantitative estimate of drug-likeness (QED) is 0.241. The molecule has 50 heavy (non-hydrogen) atoms. The molecule has 5 amide bonds. The topological polar surface area (TPSA) is 193 Å². The summed E-state index contributed by atoms with van der Waals surface area (Å²) in [4.78, 5) is 73.0. The van der Waals surface area contributed by atoms with Gasteiger partial charge in [0.15, 0.2) is 5.69 Å². The van der Waals surface area contributed by atoms with E-state index in [1.807, 2.05) is 30.3 Å². The second kappa shape index (κ2) is 16.2. The number of aryl methyl sites for hydroxylation is 2. The molecule has 0 aliphatic carbocycles. The first-order chi connectivity index (χ1) is 24.0. The van der Waals surface area contributed by atoms with Gasteiger partial charge >= 0.3 is 0 Å². The number of nitrogens with zero attached hydrogens (tertiary/aromatic N) is 5. The van der Waals surface area contributed by atoms with Gasteiger partial charge in [-0.2, -0.15) is 0 Å². The van der Waals surface area contributed by atoms with Gasteiger partial charge in [0.2, 0.25) is 17.7 Å². The predicted octanol–water partition coefficient (Wildman–Crippen LogP) is 1.55. The maximum atomic E-state index is 13.5. The lowest BCUT2D eigenvalue weighted by Crippen LogP contribution is -2.55. The summed E-state index contributed by atoms with van der Waals surface area (Å²) in [5, 5.41) is 18.6. The summed E-state index contributed by atoms with van der Waals surface area (Å²) < 4.78 is 6.80. The normalized spacial score (nSPS) is 18.7. The highest BCUT2D eigenvalue weighted by Crippen LogP contribution is 2.21. The van der Waals surface area contributed by atoms with Crippen LogP contribution < -0.4 is 21.3 Å². The fraction of sp³-hybridized carbons (Fsp3) is 0.429. The van der Waals surface area contributed by atoms with Crippen LogP contribution in [0.1, 0.15) is 65.1 Å². The van der Waals surface area contributed by atoms with Gasteiger partial charge in [-0.3, -0.25) is 24.0 Å². The molecule has 0 spiro atoms. The minimum Gasteiger partial charge on any atom is -0.354 e. The van der Waals surface area contributed by atoms with Gasteiger partial charge in [0.05, 0.1) is 17.6 Å². The number of aromatic nitrogens is 4. The fourth-order valence-corrected chi connectivity index (χ4v) is 5.77. The van der Waals surface area contributed by atoms with Crippen LogP contribution in [0.2, 0.25) is 0 Å². The zero-order valence-corrected chi connectivity index (χ0v) is 28.7. The van der Waals surface area contributed by atoms with Crippen molar-refractivity contribution in [2.75, 3.05) is 26.2 Å². The van der Waals surface area contributed by atoms with Crippen LogP contribution in [0.3, 0.4) is 0 Å². The minimum atomic E-state index is -1.06. The Bertz CT molecular complexity index is 1850. The summed E-state index contributed by atoms with van der Waals surface area (Å²) in [5.41, 5.74) is 2.88. The van der Waals surface area contributed by atoms with Crippen molar-refractivity contribution in [1.29, 1.82) is 0 Å². The second-order valence-corrected chi connectivity index (χ2v) is 12.8. The Labute approximate surface area is 289 Å². The number of carbonyl (C=O) groups excluding carboxylic acids is 5. The molecule has 0 radical (unpaired) electrons.